The molecule has 1 unspecified atom stereocenters. The van der Waals surface area contributed by atoms with E-state index in [0.717, 1.165) is 22.3 Å². The molecule has 0 spiro atoms. The van der Waals surface area contributed by atoms with Crippen LogP contribution in [0.25, 0.3) is 11.1 Å². The van der Waals surface area contributed by atoms with Crippen LogP contribution in [0.15, 0.2) is 48.5 Å². The highest BCUT2D eigenvalue weighted by Gasteiger charge is 2.36. The van der Waals surface area contributed by atoms with Gasteiger partial charge in [-0.15, -0.1) is 0 Å². The van der Waals surface area contributed by atoms with Crippen molar-refractivity contribution in [3.05, 3.63) is 59.7 Å². The highest BCUT2D eigenvalue weighted by atomic mass is 16.5. The minimum Gasteiger partial charge on any atom is -0.481 e. The number of hydrogen-bond acceptors (Lipinski definition) is 5. The Kier molecular flexibility index (Phi) is 6.41. The van der Waals surface area contributed by atoms with Crippen molar-refractivity contribution in [2.75, 3.05) is 33.4 Å². The van der Waals surface area contributed by atoms with Crippen molar-refractivity contribution in [1.82, 2.24) is 10.2 Å². The van der Waals surface area contributed by atoms with E-state index in [0.29, 0.717) is 13.1 Å². The van der Waals surface area contributed by atoms with Gasteiger partial charge < -0.3 is 24.8 Å². The second-order valence-corrected chi connectivity index (χ2v) is 8.14. The number of ether oxygens (including phenoxy) is 2. The standard InChI is InChI=1S/C24H26N2O6/c1-31-21(23(29)26-12-15(13-26)10-22(27)28)11-25-24(30)32-14-20-18-8-4-2-6-16(18)17-7-3-5-9-19(17)20/h2-9,15,20-21H,10-14H2,1H3,(H,25,30)(H,27,28). The van der Waals surface area contributed by atoms with Crippen molar-refractivity contribution in [3.8, 4) is 11.1 Å². The van der Waals surface area contributed by atoms with Crippen molar-refractivity contribution in [3.63, 3.8) is 0 Å². The average Bonchev–Trinajstić information content (AvgIpc) is 3.08. The summed E-state index contributed by atoms with van der Waals surface area (Å²) in [7, 11) is 1.40. The molecule has 0 saturated carbocycles. The van der Waals surface area contributed by atoms with Crippen molar-refractivity contribution in [1.29, 1.82) is 0 Å². The third-order valence-corrected chi connectivity index (χ3v) is 6.07. The maximum Gasteiger partial charge on any atom is 0.407 e. The third-order valence-electron chi connectivity index (χ3n) is 6.07. The Morgan fingerprint density at radius 2 is 1.66 bits per heavy atom. The van der Waals surface area contributed by atoms with Gasteiger partial charge in [-0.2, -0.15) is 0 Å². The second kappa shape index (κ2) is 9.40. The van der Waals surface area contributed by atoms with Gasteiger partial charge in [-0.25, -0.2) is 4.79 Å². The Hall–Kier alpha value is -3.39. The summed E-state index contributed by atoms with van der Waals surface area (Å²) >= 11 is 0. The van der Waals surface area contributed by atoms with Crippen LogP contribution in [0.4, 0.5) is 4.79 Å². The molecule has 2 N–H and O–H groups in total. The van der Waals surface area contributed by atoms with E-state index in [2.05, 4.69) is 17.4 Å². The van der Waals surface area contributed by atoms with Gasteiger partial charge in [0.2, 0.25) is 0 Å². The zero-order valence-electron chi connectivity index (χ0n) is 17.8. The maximum atomic E-state index is 12.5. The van der Waals surface area contributed by atoms with E-state index >= 15 is 0 Å². The summed E-state index contributed by atoms with van der Waals surface area (Å²) in [4.78, 5) is 37.1. The van der Waals surface area contributed by atoms with Crippen molar-refractivity contribution < 1.29 is 29.0 Å². The van der Waals surface area contributed by atoms with Crippen LogP contribution < -0.4 is 5.32 Å². The lowest BCUT2D eigenvalue weighted by molar-refractivity contribution is -0.151. The van der Waals surface area contributed by atoms with Gasteiger partial charge in [0.1, 0.15) is 6.61 Å². The molecule has 1 aliphatic heterocycles. The van der Waals surface area contributed by atoms with E-state index in [-0.39, 0.29) is 37.3 Å². The first-order valence-corrected chi connectivity index (χ1v) is 10.6. The Bertz CT molecular complexity index is 972. The van der Waals surface area contributed by atoms with E-state index < -0.39 is 18.2 Å². The van der Waals surface area contributed by atoms with Gasteiger partial charge >= 0.3 is 12.1 Å². The summed E-state index contributed by atoms with van der Waals surface area (Å²) in [6.45, 7) is 0.937. The molecule has 0 radical (unpaired) electrons. The fourth-order valence-corrected chi connectivity index (χ4v) is 4.43. The molecule has 1 heterocycles. The van der Waals surface area contributed by atoms with Crippen LogP contribution in [0.3, 0.4) is 0 Å². The molecule has 168 valence electrons. The summed E-state index contributed by atoms with van der Waals surface area (Å²) in [5, 5.41) is 11.4. The van der Waals surface area contributed by atoms with E-state index in [1.165, 1.54) is 7.11 Å². The van der Waals surface area contributed by atoms with E-state index in [4.69, 9.17) is 14.6 Å². The number of nitrogens with zero attached hydrogens (tertiary/aromatic N) is 1. The number of amides is 2. The minimum absolute atomic E-state index is 0.0217. The predicted molar refractivity (Wildman–Crippen MR) is 116 cm³/mol. The molecule has 32 heavy (non-hydrogen) atoms. The molecule has 0 bridgehead atoms. The highest BCUT2D eigenvalue weighted by Crippen LogP contribution is 2.44. The van der Waals surface area contributed by atoms with Gasteiger partial charge in [-0.3, -0.25) is 9.59 Å². The van der Waals surface area contributed by atoms with Crippen molar-refractivity contribution in [2.45, 2.75) is 18.4 Å². The first-order valence-electron chi connectivity index (χ1n) is 10.6. The van der Waals surface area contributed by atoms with E-state index in [1.54, 1.807) is 4.90 Å². The average molecular weight is 438 g/mol. The first-order chi connectivity index (χ1) is 15.5. The highest BCUT2D eigenvalue weighted by molar-refractivity contribution is 5.83. The number of carbonyl (C=O) groups is 3. The Morgan fingerprint density at radius 3 is 2.22 bits per heavy atom. The van der Waals surface area contributed by atoms with Gasteiger partial charge in [0, 0.05) is 32.0 Å². The summed E-state index contributed by atoms with van der Waals surface area (Å²) in [6.07, 6.45) is -1.42. The van der Waals surface area contributed by atoms with Crippen molar-refractivity contribution >= 4 is 18.0 Å². The molecule has 2 aromatic rings. The quantitative estimate of drug-likeness (QED) is 0.656. The number of rotatable bonds is 8. The van der Waals surface area contributed by atoms with Gasteiger partial charge in [-0.1, -0.05) is 48.5 Å². The molecular weight excluding hydrogens is 412 g/mol. The topological polar surface area (TPSA) is 105 Å². The normalized spacial score (nSPS) is 16.0. The number of carbonyl (C=O) groups excluding carboxylic acids is 2. The molecule has 2 aromatic carbocycles. The SMILES string of the molecule is COC(CNC(=O)OCC1c2ccccc2-c2ccccc21)C(=O)N1CC(CC(=O)O)C1. The molecule has 1 aliphatic carbocycles. The van der Waals surface area contributed by atoms with Crippen LogP contribution in [0.5, 0.6) is 0 Å². The summed E-state index contributed by atoms with van der Waals surface area (Å²) in [5.74, 6) is -1.22. The largest absolute Gasteiger partial charge is 0.481 e. The molecule has 2 aliphatic rings. The second-order valence-electron chi connectivity index (χ2n) is 8.14. The molecule has 0 aromatic heterocycles. The molecule has 8 heteroatoms. The molecular formula is C24H26N2O6. The minimum atomic E-state index is -0.873. The number of aliphatic carboxylic acids is 1. The fraction of sp³-hybridized carbons (Fsp3) is 0.375. The van der Waals surface area contributed by atoms with E-state index in [9.17, 15) is 14.4 Å². The first kappa shape index (κ1) is 21.8. The molecule has 1 fully saturated rings. The molecule has 2 amide bonds. The van der Waals surface area contributed by atoms with Crippen LogP contribution >= 0.6 is 0 Å². The lowest BCUT2D eigenvalue weighted by Crippen LogP contribution is -2.56. The lowest BCUT2D eigenvalue weighted by Gasteiger charge is -2.40. The van der Waals surface area contributed by atoms with Crippen LogP contribution in [-0.2, 0) is 19.1 Å². The summed E-state index contributed by atoms with van der Waals surface area (Å²) in [5.41, 5.74) is 4.55. The smallest absolute Gasteiger partial charge is 0.407 e. The van der Waals surface area contributed by atoms with Crippen LogP contribution in [0, 0.1) is 5.92 Å². The number of carboxylic acid groups (broad SMARTS) is 1. The number of hydrogen-bond donors (Lipinski definition) is 2. The van der Waals surface area contributed by atoms with Gasteiger partial charge in [0.15, 0.2) is 6.10 Å². The molecule has 4 rings (SSSR count). The van der Waals surface area contributed by atoms with Gasteiger partial charge in [0.05, 0.1) is 13.0 Å². The van der Waals surface area contributed by atoms with Gasteiger partial charge in [-0.05, 0) is 22.3 Å². The molecule has 8 nitrogen and oxygen atoms in total. The number of benzene rings is 2. The zero-order valence-corrected chi connectivity index (χ0v) is 17.8. The fourth-order valence-electron chi connectivity index (χ4n) is 4.43. The van der Waals surface area contributed by atoms with E-state index in [1.807, 2.05) is 36.4 Å². The number of methoxy groups -OCH3 is 1. The Labute approximate surface area is 186 Å². The third kappa shape index (κ3) is 4.45. The molecule has 1 atom stereocenters. The van der Waals surface area contributed by atoms with Gasteiger partial charge in [0.25, 0.3) is 5.91 Å². The number of fused-ring (bicyclic) bond motifs is 3. The summed E-state index contributed by atoms with van der Waals surface area (Å²) < 4.78 is 10.7. The van der Waals surface area contributed by atoms with Crippen LogP contribution in [0.1, 0.15) is 23.5 Å². The number of carboxylic acids is 1. The number of nitrogens with one attached hydrogen (secondary N) is 1. The maximum absolute atomic E-state index is 12.5. The lowest BCUT2D eigenvalue weighted by atomic mass is 9.96. The zero-order chi connectivity index (χ0) is 22.7. The number of likely N-dealkylation sites (tertiary alicyclic amines) is 1. The van der Waals surface area contributed by atoms with Crippen molar-refractivity contribution in [2.24, 2.45) is 5.92 Å². The monoisotopic (exact) mass is 438 g/mol. The Morgan fingerprint density at radius 1 is 1.06 bits per heavy atom. The Balaban J connectivity index is 1.28. The summed E-state index contributed by atoms with van der Waals surface area (Å²) in [6, 6.07) is 16.2. The van der Waals surface area contributed by atoms with Crippen LogP contribution in [-0.4, -0.2) is 67.4 Å². The predicted octanol–water partition coefficient (Wildman–Crippen LogP) is 2.47. The molecule has 1 saturated heterocycles. The number of alkyl carbamates (subject to hydrolysis) is 1. The van der Waals surface area contributed by atoms with Crippen LogP contribution in [0.2, 0.25) is 0 Å².